The van der Waals surface area contributed by atoms with Crippen LogP contribution in [0.3, 0.4) is 0 Å². The smallest absolute Gasteiger partial charge is 0.243 e. The lowest BCUT2D eigenvalue weighted by atomic mass is 9.53. The fraction of sp³-hybridized carbons (Fsp3) is 0.654. The van der Waals surface area contributed by atoms with Gasteiger partial charge in [0, 0.05) is 18.4 Å². The topological polar surface area (TPSA) is 120 Å². The Bertz CT molecular complexity index is 1060. The van der Waals surface area contributed by atoms with E-state index in [9.17, 15) is 15.0 Å². The summed E-state index contributed by atoms with van der Waals surface area (Å²) < 4.78 is 1.81. The Kier molecular flexibility index (Phi) is 6.14. The lowest BCUT2D eigenvalue weighted by molar-refractivity contribution is -0.129. The number of unbranched alkanes of at least 4 members (excludes halogenated alkanes) is 2. The third-order valence-corrected chi connectivity index (χ3v) is 9.24. The number of aliphatic hydroxyl groups is 1. The molecule has 3 aliphatic carbocycles. The van der Waals surface area contributed by atoms with Gasteiger partial charge in [0.05, 0.1) is 6.20 Å². The van der Waals surface area contributed by atoms with Crippen LogP contribution in [0.5, 0.6) is 5.75 Å². The van der Waals surface area contributed by atoms with Gasteiger partial charge in [-0.05, 0) is 92.4 Å². The van der Waals surface area contributed by atoms with E-state index in [-0.39, 0.29) is 11.3 Å². The number of carbonyl (C=O) groups excluding carboxylic acids is 1. The summed E-state index contributed by atoms with van der Waals surface area (Å²) in [6.45, 7) is 2.96. The predicted molar refractivity (Wildman–Crippen MR) is 125 cm³/mol. The first-order valence-corrected chi connectivity index (χ1v) is 12.7. The number of carbonyl (C=O) groups is 1. The first-order valence-electron chi connectivity index (χ1n) is 12.7. The van der Waals surface area contributed by atoms with Gasteiger partial charge in [0.15, 0.2) is 0 Å². The molecule has 4 N–H and O–H groups in total. The number of amides is 1. The summed E-state index contributed by atoms with van der Waals surface area (Å²) in [6.07, 6.45) is 10.5. The molecule has 8 heteroatoms. The summed E-state index contributed by atoms with van der Waals surface area (Å²) in [5.74, 6) is 1.50. The third-order valence-electron chi connectivity index (χ3n) is 9.24. The highest BCUT2D eigenvalue weighted by molar-refractivity contribution is 5.74. The molecule has 1 amide bonds. The van der Waals surface area contributed by atoms with Crippen LogP contribution in [0.15, 0.2) is 24.4 Å². The zero-order valence-electron chi connectivity index (χ0n) is 19.9. The minimum Gasteiger partial charge on any atom is -0.508 e. The van der Waals surface area contributed by atoms with Gasteiger partial charge in [-0.25, -0.2) is 5.48 Å². The highest BCUT2D eigenvalue weighted by atomic mass is 16.5. The van der Waals surface area contributed by atoms with Gasteiger partial charge < -0.3 is 10.2 Å². The molecular weight excluding hydrogens is 432 g/mol. The third kappa shape index (κ3) is 3.81. The maximum absolute atomic E-state index is 12.0. The second-order valence-electron chi connectivity index (χ2n) is 10.9. The molecule has 5 rings (SSSR count). The number of phenols is 1. The highest BCUT2D eigenvalue weighted by Crippen LogP contribution is 2.66. The number of fused-ring (bicyclic) bond motifs is 5. The number of hydroxylamine groups is 1. The fourth-order valence-electron chi connectivity index (χ4n) is 7.39. The van der Waals surface area contributed by atoms with Crippen molar-refractivity contribution >= 4 is 5.91 Å². The van der Waals surface area contributed by atoms with Crippen LogP contribution in [0.1, 0.15) is 87.4 Å². The molecule has 1 aromatic carbocycles. The molecule has 1 heterocycles. The van der Waals surface area contributed by atoms with Gasteiger partial charge in [0.25, 0.3) is 0 Å². The Morgan fingerprint density at radius 1 is 1.21 bits per heavy atom. The van der Waals surface area contributed by atoms with Crippen LogP contribution in [0.2, 0.25) is 0 Å². The van der Waals surface area contributed by atoms with Crippen molar-refractivity contribution in [3.63, 3.8) is 0 Å². The minimum atomic E-state index is -0.963. The number of aromatic nitrogens is 3. The molecule has 1 aromatic heterocycles. The average Bonchev–Trinajstić information content (AvgIpc) is 3.41. The summed E-state index contributed by atoms with van der Waals surface area (Å²) in [5.41, 5.74) is 3.85. The molecule has 0 bridgehead atoms. The van der Waals surface area contributed by atoms with E-state index in [0.717, 1.165) is 51.4 Å². The summed E-state index contributed by atoms with van der Waals surface area (Å²) in [7, 11) is 0. The van der Waals surface area contributed by atoms with Crippen LogP contribution in [0.25, 0.3) is 0 Å². The van der Waals surface area contributed by atoms with E-state index in [4.69, 9.17) is 5.21 Å². The Labute approximate surface area is 200 Å². The molecule has 2 fully saturated rings. The van der Waals surface area contributed by atoms with Crippen LogP contribution < -0.4 is 5.48 Å². The van der Waals surface area contributed by atoms with E-state index in [0.29, 0.717) is 48.6 Å². The Morgan fingerprint density at radius 2 is 2.06 bits per heavy atom. The summed E-state index contributed by atoms with van der Waals surface area (Å²) in [5, 5.41) is 39.3. The number of hydrogen-bond donors (Lipinski definition) is 4. The van der Waals surface area contributed by atoms with Gasteiger partial charge in [-0.1, -0.05) is 24.6 Å². The number of nitrogens with zero attached hydrogens (tertiary/aromatic N) is 3. The van der Waals surface area contributed by atoms with E-state index >= 15 is 0 Å². The van der Waals surface area contributed by atoms with Crippen molar-refractivity contribution in [2.75, 3.05) is 0 Å². The number of hydrogen-bond acceptors (Lipinski definition) is 6. The van der Waals surface area contributed by atoms with Gasteiger partial charge in [-0.3, -0.25) is 14.7 Å². The van der Waals surface area contributed by atoms with E-state index in [2.05, 4.69) is 23.3 Å². The monoisotopic (exact) mass is 468 g/mol. The molecule has 0 aliphatic heterocycles. The summed E-state index contributed by atoms with van der Waals surface area (Å²) in [4.78, 5) is 11.1. The highest BCUT2D eigenvalue weighted by Gasteiger charge is 2.63. The quantitative estimate of drug-likeness (QED) is 0.279. The lowest BCUT2D eigenvalue weighted by Crippen LogP contribution is -2.49. The maximum atomic E-state index is 12.0. The molecule has 8 nitrogen and oxygen atoms in total. The van der Waals surface area contributed by atoms with Crippen molar-refractivity contribution < 1.29 is 20.2 Å². The van der Waals surface area contributed by atoms with Crippen molar-refractivity contribution in [1.82, 2.24) is 20.5 Å². The van der Waals surface area contributed by atoms with Gasteiger partial charge >= 0.3 is 0 Å². The number of rotatable bonds is 7. The molecule has 0 unspecified atom stereocenters. The maximum Gasteiger partial charge on any atom is 0.243 e. The second kappa shape index (κ2) is 8.96. The van der Waals surface area contributed by atoms with Crippen molar-refractivity contribution in [2.45, 2.75) is 89.2 Å². The van der Waals surface area contributed by atoms with E-state index in [1.165, 1.54) is 11.1 Å². The van der Waals surface area contributed by atoms with Gasteiger partial charge in [0.1, 0.15) is 17.0 Å². The first-order chi connectivity index (χ1) is 16.4. The molecule has 0 saturated heterocycles. The normalized spacial score (nSPS) is 32.0. The summed E-state index contributed by atoms with van der Waals surface area (Å²) >= 11 is 0. The standard InChI is InChI=1S/C26H36N4O4/c1-25-12-10-20-19-9-7-18(31)15-17(19)6-8-21(20)22(25)11-13-26(25,33)23-16-30(29-27-23)14-4-2-3-5-24(32)28-34/h7,9,15-16,20-22,31,33-34H,2-6,8,10-14H2,1H3,(H,28,32)/t20-,21-,22+,25+,26-/m1/s1. The van der Waals surface area contributed by atoms with Gasteiger partial charge in [0.2, 0.25) is 5.91 Å². The number of phenolic OH excluding ortho intramolecular Hbond substituents is 1. The fourth-order valence-corrected chi connectivity index (χ4v) is 7.39. The van der Waals surface area contributed by atoms with Crippen LogP contribution in [-0.4, -0.2) is 36.3 Å². The van der Waals surface area contributed by atoms with Crippen molar-refractivity contribution in [3.8, 4) is 5.75 Å². The molecule has 2 aromatic rings. The molecule has 2 saturated carbocycles. The Balaban J connectivity index is 1.27. The van der Waals surface area contributed by atoms with Gasteiger partial charge in [-0.2, -0.15) is 0 Å². The number of nitrogens with one attached hydrogen (secondary N) is 1. The van der Waals surface area contributed by atoms with E-state index in [1.54, 1.807) is 5.48 Å². The molecular formula is C26H36N4O4. The second-order valence-corrected chi connectivity index (χ2v) is 10.9. The first kappa shape index (κ1) is 23.3. The van der Waals surface area contributed by atoms with Crippen LogP contribution >= 0.6 is 0 Å². The minimum absolute atomic E-state index is 0.221. The van der Waals surface area contributed by atoms with Crippen LogP contribution in [0.4, 0.5) is 0 Å². The van der Waals surface area contributed by atoms with E-state index < -0.39 is 5.60 Å². The molecule has 0 spiro atoms. The van der Waals surface area contributed by atoms with Crippen molar-refractivity contribution in [2.24, 2.45) is 17.3 Å². The number of aryl methyl sites for hydroxylation is 2. The Morgan fingerprint density at radius 3 is 2.88 bits per heavy atom. The van der Waals surface area contributed by atoms with Crippen molar-refractivity contribution in [3.05, 3.63) is 41.2 Å². The largest absolute Gasteiger partial charge is 0.508 e. The van der Waals surface area contributed by atoms with Gasteiger partial charge in [-0.15, -0.1) is 5.10 Å². The molecule has 5 atom stereocenters. The Hall–Kier alpha value is -2.45. The van der Waals surface area contributed by atoms with Crippen LogP contribution in [0, 0.1) is 17.3 Å². The SMILES string of the molecule is C[C@]12CC[C@@H]3c4ccc(O)cc4CC[C@H]3[C@@H]1CC[C@@]2(O)c1cn(CCCCCC(=O)NO)nn1. The zero-order chi connectivity index (χ0) is 23.9. The predicted octanol–water partition coefficient (Wildman–Crippen LogP) is 3.79. The zero-order valence-corrected chi connectivity index (χ0v) is 19.9. The molecule has 34 heavy (non-hydrogen) atoms. The van der Waals surface area contributed by atoms with Crippen molar-refractivity contribution in [1.29, 1.82) is 0 Å². The molecule has 184 valence electrons. The van der Waals surface area contributed by atoms with Crippen LogP contribution in [-0.2, 0) is 23.4 Å². The van der Waals surface area contributed by atoms with E-state index in [1.807, 2.05) is 23.0 Å². The lowest BCUT2D eigenvalue weighted by Gasteiger charge is -2.52. The number of aromatic hydroxyl groups is 1. The molecule has 0 radical (unpaired) electrons. The number of benzene rings is 1. The summed E-state index contributed by atoms with van der Waals surface area (Å²) in [6, 6.07) is 5.87. The average molecular weight is 469 g/mol. The molecule has 3 aliphatic rings.